The Morgan fingerprint density at radius 2 is 1.95 bits per heavy atom. The predicted octanol–water partition coefficient (Wildman–Crippen LogP) is -0.0610. The summed E-state index contributed by atoms with van der Waals surface area (Å²) in [7, 11) is 0. The van der Waals surface area contributed by atoms with E-state index >= 15 is 0 Å². The minimum absolute atomic E-state index is 0.00241. The number of carbonyl (C=O) groups is 1. The molecule has 118 valence electrons. The number of fused-ring (bicyclic) bond motifs is 1. The molecule has 21 heavy (non-hydrogen) atoms. The molecule has 3 saturated heterocycles. The molecule has 4 aliphatic rings. The van der Waals surface area contributed by atoms with Gasteiger partial charge in [0.1, 0.15) is 17.8 Å². The smallest absolute Gasteiger partial charge is 0.306 e. The van der Waals surface area contributed by atoms with E-state index in [1.54, 1.807) is 6.92 Å². The van der Waals surface area contributed by atoms with Crippen molar-refractivity contribution in [3.63, 3.8) is 0 Å². The van der Waals surface area contributed by atoms with Crippen LogP contribution < -0.4 is 0 Å². The van der Waals surface area contributed by atoms with Gasteiger partial charge in [-0.3, -0.25) is 4.79 Å². The molecule has 0 aromatic rings. The van der Waals surface area contributed by atoms with Crippen LogP contribution >= 0.6 is 0 Å². The number of hydrogen-bond acceptors (Lipinski definition) is 6. The molecule has 1 saturated carbocycles. The highest BCUT2D eigenvalue weighted by molar-refractivity contribution is 5.72. The number of rotatable bonds is 0. The van der Waals surface area contributed by atoms with E-state index in [1.165, 1.54) is 6.92 Å². The van der Waals surface area contributed by atoms with E-state index in [2.05, 4.69) is 0 Å². The Balaban J connectivity index is 2.05. The van der Waals surface area contributed by atoms with Crippen LogP contribution in [0.2, 0.25) is 0 Å². The maximum Gasteiger partial charge on any atom is 0.306 e. The van der Waals surface area contributed by atoms with Gasteiger partial charge in [-0.05, 0) is 19.3 Å². The lowest BCUT2D eigenvalue weighted by Crippen LogP contribution is -2.70. The molecular weight excluding hydrogens is 276 g/mol. The van der Waals surface area contributed by atoms with E-state index in [0.29, 0.717) is 6.42 Å². The van der Waals surface area contributed by atoms with Gasteiger partial charge in [-0.1, -0.05) is 13.8 Å². The molecule has 6 heteroatoms. The van der Waals surface area contributed by atoms with Gasteiger partial charge in [-0.2, -0.15) is 0 Å². The minimum atomic E-state index is -1.76. The number of hydrogen-bond donors (Lipinski definition) is 3. The summed E-state index contributed by atoms with van der Waals surface area (Å²) in [4.78, 5) is 12.1. The van der Waals surface area contributed by atoms with Gasteiger partial charge in [-0.25, -0.2) is 0 Å². The molecule has 3 aliphatic heterocycles. The molecule has 0 radical (unpaired) electrons. The molecule has 6 nitrogen and oxygen atoms in total. The van der Waals surface area contributed by atoms with Gasteiger partial charge in [0.25, 0.3) is 0 Å². The highest BCUT2D eigenvalue weighted by Crippen LogP contribution is 2.79. The Morgan fingerprint density at radius 3 is 2.62 bits per heavy atom. The molecule has 7 unspecified atom stereocenters. The summed E-state index contributed by atoms with van der Waals surface area (Å²) >= 11 is 0. The number of carbonyl (C=O) groups excluding carboxylic acids is 1. The maximum absolute atomic E-state index is 12.1. The third-order valence-corrected chi connectivity index (χ3v) is 7.25. The zero-order valence-electron chi connectivity index (χ0n) is 12.5. The Labute approximate surface area is 123 Å². The molecular formula is C15H22O6. The number of aliphatic hydroxyl groups excluding tert-OH is 1. The first-order chi connectivity index (χ1) is 9.56. The van der Waals surface area contributed by atoms with Gasteiger partial charge in [0.15, 0.2) is 5.79 Å². The monoisotopic (exact) mass is 298 g/mol. The summed E-state index contributed by atoms with van der Waals surface area (Å²) in [6.45, 7) is 5.17. The maximum atomic E-state index is 12.1. The van der Waals surface area contributed by atoms with Crippen LogP contribution in [-0.4, -0.2) is 51.0 Å². The fourth-order valence-corrected chi connectivity index (χ4v) is 5.87. The van der Waals surface area contributed by atoms with E-state index in [1.807, 2.05) is 6.92 Å². The van der Waals surface area contributed by atoms with Crippen LogP contribution in [0.3, 0.4) is 0 Å². The first-order valence-corrected chi connectivity index (χ1v) is 7.55. The van der Waals surface area contributed by atoms with E-state index in [4.69, 9.17) is 9.47 Å². The Bertz CT molecular complexity index is 546. The fourth-order valence-electron chi connectivity index (χ4n) is 5.87. The number of aliphatic hydroxyl groups is 3. The average Bonchev–Trinajstić information content (AvgIpc) is 2.78. The van der Waals surface area contributed by atoms with Crippen molar-refractivity contribution in [1.82, 2.24) is 0 Å². The number of cyclic esters (lactones) is 1. The van der Waals surface area contributed by atoms with Crippen molar-refractivity contribution < 1.29 is 29.6 Å². The van der Waals surface area contributed by atoms with Gasteiger partial charge in [0.2, 0.25) is 0 Å². The second-order valence-corrected chi connectivity index (χ2v) is 7.85. The van der Waals surface area contributed by atoms with Crippen molar-refractivity contribution in [3.8, 4) is 0 Å². The molecule has 1 spiro atoms. The number of esters is 1. The normalized spacial score (nSPS) is 65.1. The Morgan fingerprint density at radius 1 is 1.29 bits per heavy atom. The molecule has 3 N–H and O–H groups in total. The molecule has 2 bridgehead atoms. The Kier molecular flexibility index (Phi) is 2.19. The predicted molar refractivity (Wildman–Crippen MR) is 69.9 cm³/mol. The highest BCUT2D eigenvalue weighted by Gasteiger charge is 2.91. The van der Waals surface area contributed by atoms with Crippen LogP contribution in [0.5, 0.6) is 0 Å². The van der Waals surface area contributed by atoms with E-state index in [0.717, 1.165) is 0 Å². The summed E-state index contributed by atoms with van der Waals surface area (Å²) in [6, 6.07) is 0. The second-order valence-electron chi connectivity index (χ2n) is 7.85. The molecule has 0 aromatic heterocycles. The summed E-state index contributed by atoms with van der Waals surface area (Å²) < 4.78 is 11.3. The van der Waals surface area contributed by atoms with Gasteiger partial charge in [0, 0.05) is 11.8 Å². The molecule has 4 rings (SSSR count). The lowest BCUT2D eigenvalue weighted by Gasteiger charge is -2.55. The number of ether oxygens (including phenoxy) is 2. The standard InChI is InChI=1S/C15H22O6/c1-8-4-9(16)15-11(2)7-20-10(17)5-13(8,15)6-14(19,21-15)12(11,3)18/h8-9,16,18-19H,4-7H2,1-3H3. The summed E-state index contributed by atoms with van der Waals surface area (Å²) in [5.41, 5.74) is -4.49. The van der Waals surface area contributed by atoms with E-state index in [9.17, 15) is 20.1 Å². The SMILES string of the molecule is CC1CC(O)C23OC4(O)CC12CC(=O)OCC3(C)C4(C)O. The molecule has 4 fully saturated rings. The zero-order valence-corrected chi connectivity index (χ0v) is 12.5. The first kappa shape index (κ1) is 13.9. The topological polar surface area (TPSA) is 96.2 Å². The van der Waals surface area contributed by atoms with Crippen LogP contribution in [0.15, 0.2) is 0 Å². The quantitative estimate of drug-likeness (QED) is 0.542. The fraction of sp³-hybridized carbons (Fsp3) is 0.933. The van der Waals surface area contributed by atoms with Crippen molar-refractivity contribution in [2.75, 3.05) is 6.61 Å². The van der Waals surface area contributed by atoms with Crippen LogP contribution in [0.4, 0.5) is 0 Å². The third-order valence-electron chi connectivity index (χ3n) is 7.25. The second kappa shape index (κ2) is 3.30. The summed E-state index contributed by atoms with van der Waals surface area (Å²) in [5, 5.41) is 32.7. The molecule has 0 amide bonds. The van der Waals surface area contributed by atoms with E-state index in [-0.39, 0.29) is 31.3 Å². The van der Waals surface area contributed by atoms with Gasteiger partial charge in [-0.15, -0.1) is 0 Å². The molecule has 7 atom stereocenters. The van der Waals surface area contributed by atoms with Crippen molar-refractivity contribution in [1.29, 1.82) is 0 Å². The largest absolute Gasteiger partial charge is 0.465 e. The molecule has 0 aromatic carbocycles. The van der Waals surface area contributed by atoms with Crippen LogP contribution in [0.25, 0.3) is 0 Å². The van der Waals surface area contributed by atoms with Gasteiger partial charge >= 0.3 is 5.97 Å². The van der Waals surface area contributed by atoms with Crippen LogP contribution in [0, 0.1) is 16.7 Å². The summed E-state index contributed by atoms with van der Waals surface area (Å²) in [5.74, 6) is -2.11. The first-order valence-electron chi connectivity index (χ1n) is 7.55. The lowest BCUT2D eigenvalue weighted by molar-refractivity contribution is -0.258. The third kappa shape index (κ3) is 1.05. The van der Waals surface area contributed by atoms with Gasteiger partial charge in [0.05, 0.1) is 17.9 Å². The highest BCUT2D eigenvalue weighted by atomic mass is 16.7. The van der Waals surface area contributed by atoms with Crippen molar-refractivity contribution in [2.45, 2.75) is 63.1 Å². The molecule has 3 heterocycles. The lowest BCUT2D eigenvalue weighted by atomic mass is 9.47. The van der Waals surface area contributed by atoms with Crippen LogP contribution in [0.1, 0.15) is 40.0 Å². The van der Waals surface area contributed by atoms with E-state index < -0.39 is 33.9 Å². The van der Waals surface area contributed by atoms with Crippen LogP contribution in [-0.2, 0) is 14.3 Å². The van der Waals surface area contributed by atoms with Crippen molar-refractivity contribution >= 4 is 5.97 Å². The van der Waals surface area contributed by atoms with Crippen molar-refractivity contribution in [3.05, 3.63) is 0 Å². The van der Waals surface area contributed by atoms with Gasteiger partial charge < -0.3 is 24.8 Å². The van der Waals surface area contributed by atoms with Crippen molar-refractivity contribution in [2.24, 2.45) is 16.7 Å². The Hall–Kier alpha value is -0.690. The summed E-state index contributed by atoms with van der Waals surface area (Å²) in [6.07, 6.45) is -0.0838. The minimum Gasteiger partial charge on any atom is -0.465 e. The average molecular weight is 298 g/mol. The molecule has 1 aliphatic carbocycles. The zero-order chi connectivity index (χ0) is 15.5.